The normalized spacial score (nSPS) is 22.2. The molecule has 10 nitrogen and oxygen atoms in total. The van der Waals surface area contributed by atoms with E-state index in [1.807, 2.05) is 11.9 Å². The minimum Gasteiger partial charge on any atom is -0.462 e. The van der Waals surface area contributed by atoms with Crippen LogP contribution in [0.1, 0.15) is 29.7 Å². The maximum Gasteiger partial charge on any atom is 0.318 e. The molecule has 3 atom stereocenters. The quantitative estimate of drug-likeness (QED) is 0.383. The van der Waals surface area contributed by atoms with E-state index in [9.17, 15) is 14.4 Å². The van der Waals surface area contributed by atoms with Gasteiger partial charge in [0.15, 0.2) is 0 Å². The average molecular weight is 614 g/mol. The maximum atomic E-state index is 14.1. The average Bonchev–Trinajstić information content (AvgIpc) is 3.38. The number of alkyl halides is 1. The summed E-state index contributed by atoms with van der Waals surface area (Å²) in [5.74, 6) is 0.554. The van der Waals surface area contributed by atoms with E-state index in [1.165, 1.54) is 28.5 Å². The van der Waals surface area contributed by atoms with Crippen molar-refractivity contribution >= 4 is 28.2 Å². The highest BCUT2D eigenvalue weighted by atomic mass is 19.1. The number of aliphatic hydroxyl groups excluding tert-OH is 1. The van der Waals surface area contributed by atoms with Crippen LogP contribution in [0.15, 0.2) is 48.6 Å². The van der Waals surface area contributed by atoms with Gasteiger partial charge < -0.3 is 24.5 Å². The molecule has 1 aromatic heterocycles. The van der Waals surface area contributed by atoms with E-state index in [0.29, 0.717) is 39.1 Å². The van der Waals surface area contributed by atoms with Gasteiger partial charge in [0.05, 0.1) is 37.4 Å². The van der Waals surface area contributed by atoms with E-state index in [4.69, 9.17) is 19.8 Å². The lowest BCUT2D eigenvalue weighted by Crippen LogP contribution is -2.55. The van der Waals surface area contributed by atoms with Crippen LogP contribution in [0.25, 0.3) is 10.8 Å². The van der Waals surface area contributed by atoms with Gasteiger partial charge in [-0.1, -0.05) is 36.4 Å². The van der Waals surface area contributed by atoms with Gasteiger partial charge >= 0.3 is 6.01 Å². The Morgan fingerprint density at radius 1 is 1.13 bits per heavy atom. The second-order valence-corrected chi connectivity index (χ2v) is 12.2. The van der Waals surface area contributed by atoms with Crippen LogP contribution in [0.3, 0.4) is 0 Å². The number of benzene rings is 2. The van der Waals surface area contributed by atoms with Crippen LogP contribution in [-0.2, 0) is 17.8 Å². The molecule has 2 saturated heterocycles. The number of hydrogen-bond acceptors (Lipinski definition) is 9. The lowest BCUT2D eigenvalue weighted by Gasteiger charge is -2.42. The van der Waals surface area contributed by atoms with E-state index in [2.05, 4.69) is 59.2 Å². The monoisotopic (exact) mass is 613 g/mol. The smallest absolute Gasteiger partial charge is 0.318 e. The highest BCUT2D eigenvalue weighted by molar-refractivity contribution is 5.97. The Bertz CT molecular complexity index is 1620. The van der Waals surface area contributed by atoms with E-state index < -0.39 is 6.17 Å². The first-order valence-corrected chi connectivity index (χ1v) is 15.7. The number of anilines is 2. The summed E-state index contributed by atoms with van der Waals surface area (Å²) in [5, 5.41) is 21.2. The van der Waals surface area contributed by atoms with Crippen LogP contribution in [0.4, 0.5) is 15.9 Å². The second kappa shape index (κ2) is 13.4. The number of rotatable bonds is 8. The van der Waals surface area contributed by atoms with Gasteiger partial charge in [-0.15, -0.1) is 0 Å². The number of amides is 1. The number of ether oxygens (including phenoxy) is 1. The van der Waals surface area contributed by atoms with Crippen LogP contribution in [-0.4, -0.2) is 102 Å². The first-order chi connectivity index (χ1) is 21.9. The number of hydrogen-bond donors (Lipinski definition) is 1. The van der Waals surface area contributed by atoms with Crippen LogP contribution < -0.4 is 14.5 Å². The molecule has 236 valence electrons. The van der Waals surface area contributed by atoms with Crippen molar-refractivity contribution in [1.29, 1.82) is 5.26 Å². The molecule has 3 aliphatic heterocycles. The third-order valence-corrected chi connectivity index (χ3v) is 9.25. The molecular formula is C34H40FN7O3. The number of nitrogens with zero attached hydrogens (tertiary/aromatic N) is 7. The van der Waals surface area contributed by atoms with Crippen molar-refractivity contribution in [2.24, 2.45) is 0 Å². The summed E-state index contributed by atoms with van der Waals surface area (Å²) in [6.07, 6.45) is 3.23. The molecule has 45 heavy (non-hydrogen) atoms. The summed E-state index contributed by atoms with van der Waals surface area (Å²) in [6.45, 7) is 5.36. The third-order valence-electron chi connectivity index (χ3n) is 9.25. The van der Waals surface area contributed by atoms with E-state index in [-0.39, 0.29) is 43.6 Å². The molecule has 1 amide bonds. The van der Waals surface area contributed by atoms with Crippen molar-refractivity contribution in [3.05, 3.63) is 65.4 Å². The number of piperazine rings is 1. The van der Waals surface area contributed by atoms with Gasteiger partial charge in [-0.25, -0.2) is 4.39 Å². The zero-order chi connectivity index (χ0) is 31.5. The molecule has 3 aliphatic rings. The number of carbonyl (C=O) groups is 1. The Balaban J connectivity index is 1.32. The van der Waals surface area contributed by atoms with Crippen molar-refractivity contribution < 1.29 is 19.0 Å². The van der Waals surface area contributed by atoms with Crippen LogP contribution in [0, 0.1) is 18.3 Å². The molecule has 1 unspecified atom stereocenters. The van der Waals surface area contributed by atoms with Crippen molar-refractivity contribution in [2.75, 3.05) is 62.8 Å². The molecule has 0 saturated carbocycles. The minimum absolute atomic E-state index is 0.0558. The number of aliphatic hydroxyl groups is 1. The number of aromatic nitrogens is 2. The second-order valence-electron chi connectivity index (χ2n) is 12.2. The molecule has 0 aliphatic carbocycles. The molecule has 6 rings (SSSR count). The molecule has 3 aromatic rings. The van der Waals surface area contributed by atoms with Gasteiger partial charge in [-0.2, -0.15) is 15.2 Å². The van der Waals surface area contributed by atoms with E-state index in [1.54, 1.807) is 4.90 Å². The summed E-state index contributed by atoms with van der Waals surface area (Å²) < 4.78 is 20.3. The SMILES string of the molecule is Cc1cccc2cccc(N3CCc4c(nc(OC[C@H]5C[C@@H](F)CN5C)nc4N4CCN(C(=O)/C=C/CO)C(CC#N)C4)C3)c12. The molecule has 0 radical (unpaired) electrons. The highest BCUT2D eigenvalue weighted by Crippen LogP contribution is 2.36. The Hall–Kier alpha value is -4.27. The number of likely N-dealkylation sites (tertiary alicyclic amines) is 1. The summed E-state index contributed by atoms with van der Waals surface area (Å²) in [7, 11) is 1.91. The van der Waals surface area contributed by atoms with Gasteiger partial charge in [0.1, 0.15) is 18.6 Å². The fourth-order valence-corrected chi connectivity index (χ4v) is 6.93. The van der Waals surface area contributed by atoms with Crippen LogP contribution in [0.5, 0.6) is 6.01 Å². The van der Waals surface area contributed by atoms with Crippen molar-refractivity contribution in [3.8, 4) is 12.1 Å². The van der Waals surface area contributed by atoms with Crippen molar-refractivity contribution in [2.45, 2.75) is 51.0 Å². The van der Waals surface area contributed by atoms with Crippen molar-refractivity contribution in [1.82, 2.24) is 19.8 Å². The molecular weight excluding hydrogens is 573 g/mol. The van der Waals surface area contributed by atoms with Gasteiger partial charge in [-0.3, -0.25) is 9.69 Å². The summed E-state index contributed by atoms with van der Waals surface area (Å²) in [4.78, 5) is 30.9. The maximum absolute atomic E-state index is 14.1. The summed E-state index contributed by atoms with van der Waals surface area (Å²) >= 11 is 0. The predicted molar refractivity (Wildman–Crippen MR) is 171 cm³/mol. The third kappa shape index (κ3) is 6.44. The molecule has 2 fully saturated rings. The zero-order valence-electron chi connectivity index (χ0n) is 25.9. The van der Waals surface area contributed by atoms with Crippen LogP contribution in [0.2, 0.25) is 0 Å². The van der Waals surface area contributed by atoms with E-state index in [0.717, 1.165) is 35.7 Å². The Kier molecular flexibility index (Phi) is 9.14. The number of nitriles is 1. The Labute approximate surface area is 263 Å². The van der Waals surface area contributed by atoms with Gasteiger partial charge in [0, 0.05) is 61.5 Å². The van der Waals surface area contributed by atoms with Crippen LogP contribution >= 0.6 is 0 Å². The molecule has 1 N–H and O–H groups in total. The largest absolute Gasteiger partial charge is 0.462 e. The topological polar surface area (TPSA) is 109 Å². The minimum atomic E-state index is -0.871. The van der Waals surface area contributed by atoms with Gasteiger partial charge in [-0.05, 0) is 43.8 Å². The Morgan fingerprint density at radius 3 is 2.71 bits per heavy atom. The lowest BCUT2D eigenvalue weighted by molar-refractivity contribution is -0.128. The highest BCUT2D eigenvalue weighted by Gasteiger charge is 2.34. The first-order valence-electron chi connectivity index (χ1n) is 15.7. The van der Waals surface area contributed by atoms with Gasteiger partial charge in [0.25, 0.3) is 0 Å². The van der Waals surface area contributed by atoms with Crippen molar-refractivity contribution in [3.63, 3.8) is 0 Å². The first kappa shape index (κ1) is 30.7. The number of aryl methyl sites for hydroxylation is 1. The summed E-state index contributed by atoms with van der Waals surface area (Å²) in [5.41, 5.74) is 4.32. The fraction of sp³-hybridized carbons (Fsp3) is 0.471. The number of fused-ring (bicyclic) bond motifs is 2. The molecule has 2 aromatic carbocycles. The molecule has 0 bridgehead atoms. The zero-order valence-corrected chi connectivity index (χ0v) is 25.9. The number of halogens is 1. The van der Waals surface area contributed by atoms with Gasteiger partial charge in [0.2, 0.25) is 5.91 Å². The number of carbonyl (C=O) groups excluding carboxylic acids is 1. The standard InChI is InChI=1S/C34H40FN7O3/c1-23-6-3-7-24-8-4-9-30(32(23)24)40-14-12-28-29(21-40)37-34(45-22-27-18-25(35)19-39(27)2)38-33(28)41-15-16-42(26(20-41)11-13-36)31(44)10-5-17-43/h3-10,25-27,43H,11-12,14-22H2,1-2H3/b10-5+/t25-,26?,27-/m1/s1. The lowest BCUT2D eigenvalue weighted by atomic mass is 9.99. The molecule has 11 heteroatoms. The summed E-state index contributed by atoms with van der Waals surface area (Å²) in [6, 6.07) is 14.9. The van der Waals surface area contributed by atoms with E-state index >= 15 is 0 Å². The fourth-order valence-electron chi connectivity index (χ4n) is 6.93. The Morgan fingerprint density at radius 2 is 1.96 bits per heavy atom. The predicted octanol–water partition coefficient (Wildman–Crippen LogP) is 3.40. The molecule has 4 heterocycles. The number of likely N-dealkylation sites (N-methyl/N-ethyl adjacent to an activating group) is 1. The molecule has 0 spiro atoms.